The van der Waals surface area contributed by atoms with Gasteiger partial charge in [-0.15, -0.1) is 0 Å². The molecular formula is C14H22N4. The van der Waals surface area contributed by atoms with Gasteiger partial charge in [-0.05, 0) is 23.5 Å². The number of rotatable bonds is 5. The van der Waals surface area contributed by atoms with E-state index in [2.05, 4.69) is 50.2 Å². The van der Waals surface area contributed by atoms with E-state index in [1.807, 2.05) is 21.8 Å². The van der Waals surface area contributed by atoms with E-state index in [1.54, 1.807) is 0 Å². The van der Waals surface area contributed by atoms with Crippen LogP contribution in [-0.4, -0.2) is 19.6 Å². The molecule has 2 rings (SSSR count). The van der Waals surface area contributed by atoms with Crippen molar-refractivity contribution in [2.75, 3.05) is 0 Å². The van der Waals surface area contributed by atoms with Crippen LogP contribution in [0.15, 0.2) is 24.7 Å². The molecule has 2 heterocycles. The van der Waals surface area contributed by atoms with Crippen molar-refractivity contribution in [3.63, 3.8) is 0 Å². The number of hydrogen-bond donors (Lipinski definition) is 0. The van der Waals surface area contributed by atoms with Crippen LogP contribution in [0.4, 0.5) is 0 Å². The van der Waals surface area contributed by atoms with Crippen molar-refractivity contribution in [2.45, 2.75) is 52.6 Å². The Bertz CT molecular complexity index is 447. The summed E-state index contributed by atoms with van der Waals surface area (Å²) in [6.45, 7) is 10.4. The molecule has 0 aromatic carbocycles. The Kier molecular flexibility index (Phi) is 3.84. The fourth-order valence-electron chi connectivity index (χ4n) is 1.81. The number of nitrogens with zero attached hydrogens (tertiary/aromatic N) is 4. The standard InChI is InChI=1S/C14H22N4/c1-11(2)13-9-15-18(10-13)8-7-17-6-5-14(16-17)12(3)4/h5-6,9-12H,7-8H2,1-4H3. The van der Waals surface area contributed by atoms with Gasteiger partial charge in [-0.2, -0.15) is 10.2 Å². The first-order chi connectivity index (χ1) is 8.56. The third-order valence-corrected chi connectivity index (χ3v) is 3.13. The lowest BCUT2D eigenvalue weighted by Crippen LogP contribution is -2.08. The topological polar surface area (TPSA) is 35.6 Å². The van der Waals surface area contributed by atoms with Crippen LogP contribution in [0, 0.1) is 0 Å². The third kappa shape index (κ3) is 3.00. The minimum absolute atomic E-state index is 0.489. The molecule has 0 unspecified atom stereocenters. The Morgan fingerprint density at radius 1 is 1.06 bits per heavy atom. The molecule has 2 aromatic heterocycles. The van der Waals surface area contributed by atoms with Crippen LogP contribution < -0.4 is 0 Å². The minimum Gasteiger partial charge on any atom is -0.271 e. The van der Waals surface area contributed by atoms with Gasteiger partial charge in [0.2, 0.25) is 0 Å². The molecular weight excluding hydrogens is 224 g/mol. The highest BCUT2D eigenvalue weighted by molar-refractivity contribution is 5.08. The van der Waals surface area contributed by atoms with Crippen LogP contribution in [0.1, 0.15) is 50.8 Å². The monoisotopic (exact) mass is 246 g/mol. The van der Waals surface area contributed by atoms with Crippen LogP contribution in [0.2, 0.25) is 0 Å². The first-order valence-electron chi connectivity index (χ1n) is 6.62. The van der Waals surface area contributed by atoms with E-state index in [0.29, 0.717) is 11.8 Å². The van der Waals surface area contributed by atoms with Gasteiger partial charge in [0.15, 0.2) is 0 Å². The summed E-state index contributed by atoms with van der Waals surface area (Å²) in [4.78, 5) is 0. The van der Waals surface area contributed by atoms with Gasteiger partial charge in [0.05, 0.1) is 25.0 Å². The second-order valence-corrected chi connectivity index (χ2v) is 5.35. The van der Waals surface area contributed by atoms with Gasteiger partial charge >= 0.3 is 0 Å². The molecule has 0 saturated heterocycles. The molecule has 0 amide bonds. The molecule has 4 heteroatoms. The van der Waals surface area contributed by atoms with Crippen molar-refractivity contribution in [1.82, 2.24) is 19.6 Å². The Labute approximate surface area is 109 Å². The number of aromatic nitrogens is 4. The molecule has 0 N–H and O–H groups in total. The smallest absolute Gasteiger partial charge is 0.0649 e. The lowest BCUT2D eigenvalue weighted by Gasteiger charge is -2.03. The Balaban J connectivity index is 1.93. The summed E-state index contributed by atoms with van der Waals surface area (Å²) >= 11 is 0. The molecule has 0 aliphatic rings. The summed E-state index contributed by atoms with van der Waals surface area (Å²) in [5.74, 6) is 1.03. The maximum atomic E-state index is 4.54. The van der Waals surface area contributed by atoms with E-state index in [1.165, 1.54) is 5.56 Å². The van der Waals surface area contributed by atoms with Gasteiger partial charge in [-0.1, -0.05) is 27.7 Å². The first kappa shape index (κ1) is 12.9. The van der Waals surface area contributed by atoms with Gasteiger partial charge < -0.3 is 0 Å². The second kappa shape index (κ2) is 5.38. The summed E-state index contributed by atoms with van der Waals surface area (Å²) in [7, 11) is 0. The number of hydrogen-bond acceptors (Lipinski definition) is 2. The van der Waals surface area contributed by atoms with Gasteiger partial charge in [-0.3, -0.25) is 9.36 Å². The molecule has 0 saturated carbocycles. The van der Waals surface area contributed by atoms with Crippen molar-refractivity contribution >= 4 is 0 Å². The zero-order valence-electron chi connectivity index (χ0n) is 11.7. The van der Waals surface area contributed by atoms with Gasteiger partial charge in [0.25, 0.3) is 0 Å². The van der Waals surface area contributed by atoms with Crippen LogP contribution in [0.5, 0.6) is 0 Å². The highest BCUT2D eigenvalue weighted by Crippen LogP contribution is 2.13. The summed E-state index contributed by atoms with van der Waals surface area (Å²) < 4.78 is 3.98. The molecule has 4 nitrogen and oxygen atoms in total. The molecule has 0 radical (unpaired) electrons. The molecule has 2 aromatic rings. The molecule has 18 heavy (non-hydrogen) atoms. The zero-order valence-corrected chi connectivity index (χ0v) is 11.7. The lowest BCUT2D eigenvalue weighted by atomic mass is 10.1. The van der Waals surface area contributed by atoms with Crippen LogP contribution >= 0.6 is 0 Å². The maximum Gasteiger partial charge on any atom is 0.0649 e. The van der Waals surface area contributed by atoms with E-state index in [0.717, 1.165) is 18.8 Å². The Morgan fingerprint density at radius 2 is 1.78 bits per heavy atom. The van der Waals surface area contributed by atoms with E-state index in [9.17, 15) is 0 Å². The van der Waals surface area contributed by atoms with Gasteiger partial charge in [-0.25, -0.2) is 0 Å². The van der Waals surface area contributed by atoms with Crippen molar-refractivity contribution in [3.05, 3.63) is 35.9 Å². The second-order valence-electron chi connectivity index (χ2n) is 5.35. The van der Waals surface area contributed by atoms with Crippen molar-refractivity contribution in [2.24, 2.45) is 0 Å². The predicted molar refractivity (Wildman–Crippen MR) is 72.6 cm³/mol. The lowest BCUT2D eigenvalue weighted by molar-refractivity contribution is 0.495. The Morgan fingerprint density at radius 3 is 2.33 bits per heavy atom. The Hall–Kier alpha value is -1.58. The first-order valence-corrected chi connectivity index (χ1v) is 6.62. The predicted octanol–water partition coefficient (Wildman–Crippen LogP) is 3.03. The van der Waals surface area contributed by atoms with Crippen molar-refractivity contribution in [3.8, 4) is 0 Å². The van der Waals surface area contributed by atoms with E-state index in [4.69, 9.17) is 0 Å². The van der Waals surface area contributed by atoms with Crippen LogP contribution in [0.3, 0.4) is 0 Å². The number of aryl methyl sites for hydroxylation is 2. The van der Waals surface area contributed by atoms with Crippen LogP contribution in [-0.2, 0) is 13.1 Å². The fraction of sp³-hybridized carbons (Fsp3) is 0.571. The SMILES string of the molecule is CC(C)c1cnn(CCn2ccc(C(C)C)n2)c1. The molecule has 98 valence electrons. The molecule has 0 fully saturated rings. The van der Waals surface area contributed by atoms with Gasteiger partial charge in [0, 0.05) is 12.4 Å². The summed E-state index contributed by atoms with van der Waals surface area (Å²) in [6, 6.07) is 2.09. The zero-order chi connectivity index (χ0) is 13.1. The van der Waals surface area contributed by atoms with E-state index < -0.39 is 0 Å². The van der Waals surface area contributed by atoms with E-state index in [-0.39, 0.29) is 0 Å². The van der Waals surface area contributed by atoms with Crippen LogP contribution in [0.25, 0.3) is 0 Å². The average Bonchev–Trinajstić information content (AvgIpc) is 2.95. The normalized spacial score (nSPS) is 11.7. The highest BCUT2D eigenvalue weighted by Gasteiger charge is 2.05. The van der Waals surface area contributed by atoms with Gasteiger partial charge in [0.1, 0.15) is 0 Å². The van der Waals surface area contributed by atoms with Crippen molar-refractivity contribution < 1.29 is 0 Å². The largest absolute Gasteiger partial charge is 0.271 e. The minimum atomic E-state index is 0.489. The highest BCUT2D eigenvalue weighted by atomic mass is 15.3. The van der Waals surface area contributed by atoms with E-state index >= 15 is 0 Å². The molecule has 0 aliphatic carbocycles. The quantitative estimate of drug-likeness (QED) is 0.813. The molecule has 0 aliphatic heterocycles. The third-order valence-electron chi connectivity index (χ3n) is 3.13. The fourth-order valence-corrected chi connectivity index (χ4v) is 1.81. The molecule has 0 spiro atoms. The molecule has 0 bridgehead atoms. The summed E-state index contributed by atoms with van der Waals surface area (Å²) in [6.07, 6.45) is 6.12. The maximum absolute atomic E-state index is 4.54. The average molecular weight is 246 g/mol. The summed E-state index contributed by atoms with van der Waals surface area (Å²) in [5, 5.41) is 8.91. The summed E-state index contributed by atoms with van der Waals surface area (Å²) in [5.41, 5.74) is 2.44. The molecule has 0 atom stereocenters. The van der Waals surface area contributed by atoms with Crippen molar-refractivity contribution in [1.29, 1.82) is 0 Å².